The van der Waals surface area contributed by atoms with Crippen molar-refractivity contribution in [3.05, 3.63) is 71.5 Å². The molecule has 112 valence electrons. The molecule has 2 heterocycles. The van der Waals surface area contributed by atoms with E-state index in [2.05, 4.69) is 25.9 Å². The van der Waals surface area contributed by atoms with Crippen molar-refractivity contribution in [2.75, 3.05) is 0 Å². The van der Waals surface area contributed by atoms with Gasteiger partial charge in [0.2, 0.25) is 11.8 Å². The first kappa shape index (κ1) is 14.0. The lowest BCUT2D eigenvalue weighted by Crippen LogP contribution is -1.79. The highest BCUT2D eigenvalue weighted by atomic mass is 79.9. The van der Waals surface area contributed by atoms with Crippen molar-refractivity contribution in [2.24, 2.45) is 0 Å². The number of oxazole rings is 2. The summed E-state index contributed by atoms with van der Waals surface area (Å²) in [7, 11) is 0. The van der Waals surface area contributed by atoms with Gasteiger partial charge < -0.3 is 8.83 Å². The van der Waals surface area contributed by atoms with Crippen LogP contribution in [0.25, 0.3) is 34.4 Å². The average molecular weight is 367 g/mol. The third-order valence-electron chi connectivity index (χ3n) is 3.37. The van der Waals surface area contributed by atoms with Crippen molar-refractivity contribution < 1.29 is 8.83 Å². The van der Waals surface area contributed by atoms with E-state index < -0.39 is 0 Å². The molecule has 23 heavy (non-hydrogen) atoms. The van der Waals surface area contributed by atoms with Crippen LogP contribution < -0.4 is 0 Å². The molecule has 0 atom stereocenters. The van der Waals surface area contributed by atoms with E-state index in [-0.39, 0.29) is 0 Å². The van der Waals surface area contributed by atoms with Gasteiger partial charge in [-0.1, -0.05) is 48.5 Å². The van der Waals surface area contributed by atoms with Gasteiger partial charge in [-0.2, -0.15) is 0 Å². The van der Waals surface area contributed by atoms with E-state index in [1.807, 2.05) is 60.7 Å². The Morgan fingerprint density at radius 2 is 1.39 bits per heavy atom. The maximum Gasteiger partial charge on any atom is 0.250 e. The summed E-state index contributed by atoms with van der Waals surface area (Å²) < 4.78 is 12.0. The largest absolute Gasteiger partial charge is 0.444 e. The monoisotopic (exact) mass is 366 g/mol. The zero-order valence-corrected chi connectivity index (χ0v) is 13.5. The number of halogens is 1. The quantitative estimate of drug-likeness (QED) is 0.485. The molecular weight excluding hydrogens is 356 g/mol. The number of hydrogen-bond donors (Lipinski definition) is 0. The molecule has 0 radical (unpaired) electrons. The Morgan fingerprint density at radius 1 is 0.739 bits per heavy atom. The van der Waals surface area contributed by atoms with Gasteiger partial charge in [0.1, 0.15) is 6.26 Å². The maximum atomic E-state index is 5.86. The lowest BCUT2D eigenvalue weighted by molar-refractivity contribution is 0.569. The van der Waals surface area contributed by atoms with Crippen molar-refractivity contribution in [1.29, 1.82) is 0 Å². The summed E-state index contributed by atoms with van der Waals surface area (Å²) in [5.41, 5.74) is 2.42. The minimum Gasteiger partial charge on any atom is -0.444 e. The van der Waals surface area contributed by atoms with Crippen molar-refractivity contribution in [2.45, 2.75) is 0 Å². The third kappa shape index (κ3) is 2.71. The fourth-order valence-electron chi connectivity index (χ4n) is 2.26. The van der Waals surface area contributed by atoms with Crippen LogP contribution in [-0.2, 0) is 0 Å². The lowest BCUT2D eigenvalue weighted by Gasteiger charge is -1.94. The third-order valence-corrected chi connectivity index (χ3v) is 3.90. The van der Waals surface area contributed by atoms with Crippen LogP contribution in [-0.4, -0.2) is 9.97 Å². The lowest BCUT2D eigenvalue weighted by atomic mass is 10.2. The fourth-order valence-corrected chi connectivity index (χ4v) is 2.73. The molecule has 0 aliphatic heterocycles. The number of nitrogens with zero attached hydrogens (tertiary/aromatic N) is 2. The first-order chi connectivity index (χ1) is 11.3. The van der Waals surface area contributed by atoms with Crippen molar-refractivity contribution >= 4 is 15.9 Å². The molecule has 0 aliphatic carbocycles. The molecule has 0 spiro atoms. The van der Waals surface area contributed by atoms with E-state index in [9.17, 15) is 0 Å². The van der Waals surface area contributed by atoms with Gasteiger partial charge in [0.15, 0.2) is 16.1 Å². The summed E-state index contributed by atoms with van der Waals surface area (Å²) >= 11 is 3.44. The molecule has 0 unspecified atom stereocenters. The SMILES string of the molecule is Brc1nc(-c2coc(-c3ccccc3)n2)oc1-c1ccccc1. The molecule has 2 aromatic carbocycles. The Morgan fingerprint density at radius 3 is 2.09 bits per heavy atom. The van der Waals surface area contributed by atoms with E-state index in [0.29, 0.717) is 27.8 Å². The highest BCUT2D eigenvalue weighted by Gasteiger charge is 2.17. The Kier molecular flexibility index (Phi) is 3.55. The molecular formula is C18H11BrN2O2. The van der Waals surface area contributed by atoms with Crippen LogP contribution in [0.1, 0.15) is 0 Å². The zero-order valence-electron chi connectivity index (χ0n) is 11.9. The molecule has 4 rings (SSSR count). The second-order valence-corrected chi connectivity index (χ2v) is 5.66. The molecule has 0 bridgehead atoms. The Labute approximate surface area is 140 Å². The summed E-state index contributed by atoms with van der Waals surface area (Å²) in [4.78, 5) is 8.85. The van der Waals surface area contributed by atoms with Crippen molar-refractivity contribution in [3.63, 3.8) is 0 Å². The summed E-state index contributed by atoms with van der Waals surface area (Å²) in [6, 6.07) is 19.5. The van der Waals surface area contributed by atoms with E-state index in [4.69, 9.17) is 8.83 Å². The Hall–Kier alpha value is -2.66. The van der Waals surface area contributed by atoms with E-state index >= 15 is 0 Å². The first-order valence-corrected chi connectivity index (χ1v) is 7.83. The highest BCUT2D eigenvalue weighted by molar-refractivity contribution is 9.10. The minimum atomic E-state index is 0.418. The predicted molar refractivity (Wildman–Crippen MR) is 90.6 cm³/mol. The molecule has 0 saturated carbocycles. The second kappa shape index (κ2) is 5.85. The number of benzene rings is 2. The highest BCUT2D eigenvalue weighted by Crippen LogP contribution is 2.33. The number of aromatic nitrogens is 2. The maximum absolute atomic E-state index is 5.86. The van der Waals surface area contributed by atoms with Crippen LogP contribution in [0.3, 0.4) is 0 Å². The van der Waals surface area contributed by atoms with Crippen molar-refractivity contribution in [1.82, 2.24) is 9.97 Å². The summed E-state index contributed by atoms with van der Waals surface area (Å²) in [6.45, 7) is 0. The van der Waals surface area contributed by atoms with E-state index in [1.54, 1.807) is 6.26 Å². The number of hydrogen-bond acceptors (Lipinski definition) is 4. The van der Waals surface area contributed by atoms with Gasteiger partial charge in [-0.15, -0.1) is 0 Å². The van der Waals surface area contributed by atoms with Crippen LogP contribution in [0.15, 0.2) is 80.4 Å². The van der Waals surface area contributed by atoms with Crippen molar-refractivity contribution in [3.8, 4) is 34.4 Å². The minimum absolute atomic E-state index is 0.418. The molecule has 2 aromatic heterocycles. The normalized spacial score (nSPS) is 10.8. The fraction of sp³-hybridized carbons (Fsp3) is 0. The molecule has 4 nitrogen and oxygen atoms in total. The number of rotatable bonds is 3. The first-order valence-electron chi connectivity index (χ1n) is 7.04. The van der Waals surface area contributed by atoms with Crippen LogP contribution in [0.2, 0.25) is 0 Å². The topological polar surface area (TPSA) is 52.1 Å². The van der Waals surface area contributed by atoms with Crippen LogP contribution in [0.4, 0.5) is 0 Å². The zero-order chi connectivity index (χ0) is 15.6. The molecule has 4 aromatic rings. The molecule has 0 fully saturated rings. The predicted octanol–water partition coefficient (Wildman–Crippen LogP) is 5.43. The van der Waals surface area contributed by atoms with Crippen LogP contribution >= 0.6 is 15.9 Å². The van der Waals surface area contributed by atoms with E-state index in [1.165, 1.54) is 0 Å². The molecule has 0 aliphatic rings. The average Bonchev–Trinajstić information content (AvgIpc) is 3.23. The van der Waals surface area contributed by atoms with Crippen LogP contribution in [0, 0.1) is 0 Å². The van der Waals surface area contributed by atoms with Gasteiger partial charge in [0, 0.05) is 11.1 Å². The van der Waals surface area contributed by atoms with Gasteiger partial charge in [0.25, 0.3) is 0 Å². The molecule has 0 amide bonds. The van der Waals surface area contributed by atoms with Gasteiger partial charge in [0.05, 0.1) is 0 Å². The molecule has 0 N–H and O–H groups in total. The standard InChI is InChI=1S/C18H11BrN2O2/c19-16-15(12-7-3-1-4-8-12)23-18(21-16)14-11-22-17(20-14)13-9-5-2-6-10-13/h1-11H. The van der Waals surface area contributed by atoms with Gasteiger partial charge in [-0.25, -0.2) is 9.97 Å². The Bertz CT molecular complexity index is 930. The van der Waals surface area contributed by atoms with Gasteiger partial charge in [-0.3, -0.25) is 0 Å². The van der Waals surface area contributed by atoms with Gasteiger partial charge >= 0.3 is 0 Å². The Balaban J connectivity index is 1.71. The molecule has 5 heteroatoms. The smallest absolute Gasteiger partial charge is 0.250 e. The summed E-state index contributed by atoms with van der Waals surface area (Å²) in [6.07, 6.45) is 1.55. The summed E-state index contributed by atoms with van der Waals surface area (Å²) in [5, 5.41) is 0. The van der Waals surface area contributed by atoms with E-state index in [0.717, 1.165) is 11.1 Å². The molecule has 0 saturated heterocycles. The van der Waals surface area contributed by atoms with Gasteiger partial charge in [-0.05, 0) is 28.1 Å². The summed E-state index contributed by atoms with van der Waals surface area (Å²) in [5.74, 6) is 1.63. The second-order valence-electron chi connectivity index (χ2n) is 4.91. The van der Waals surface area contributed by atoms with Crippen LogP contribution in [0.5, 0.6) is 0 Å².